The standard InChI is InChI=1S/C19H17F3N4O5S/c20-19(21,22)14-5-1-6-15(10-14)32(28,29)24-12-17(27)30-9-3-7-16-25-18(26-31-16)13-4-2-8-23-11-13/h1-2,4-6,8,10-11,24H,3,7,9,12H2. The number of carbonyl (C=O) groups is 1. The lowest BCUT2D eigenvalue weighted by molar-refractivity contribution is -0.142. The van der Waals surface area contributed by atoms with Crippen LogP contribution in [0.5, 0.6) is 0 Å². The Morgan fingerprint density at radius 3 is 2.72 bits per heavy atom. The number of aromatic nitrogens is 3. The summed E-state index contributed by atoms with van der Waals surface area (Å²) in [5.41, 5.74) is -0.433. The van der Waals surface area contributed by atoms with Gasteiger partial charge in [0, 0.05) is 24.4 Å². The molecule has 3 aromatic rings. The fraction of sp³-hybridized carbons (Fsp3) is 0.263. The molecule has 1 aromatic carbocycles. The topological polar surface area (TPSA) is 124 Å². The molecule has 13 heteroatoms. The third kappa shape index (κ3) is 6.34. The summed E-state index contributed by atoms with van der Waals surface area (Å²) >= 11 is 0. The average molecular weight is 470 g/mol. The zero-order valence-corrected chi connectivity index (χ0v) is 17.2. The van der Waals surface area contributed by atoms with Crippen molar-refractivity contribution < 1.29 is 35.6 Å². The van der Waals surface area contributed by atoms with E-state index >= 15 is 0 Å². The molecule has 3 rings (SSSR count). The number of carbonyl (C=O) groups excluding carboxylic acids is 1. The van der Waals surface area contributed by atoms with Gasteiger partial charge in [0.2, 0.25) is 21.7 Å². The normalized spacial score (nSPS) is 12.0. The molecule has 2 aromatic heterocycles. The van der Waals surface area contributed by atoms with E-state index in [-0.39, 0.29) is 6.61 Å². The Morgan fingerprint density at radius 1 is 1.19 bits per heavy atom. The zero-order chi connectivity index (χ0) is 23.2. The Balaban J connectivity index is 1.43. The lowest BCUT2D eigenvalue weighted by atomic mass is 10.2. The number of rotatable bonds is 9. The van der Waals surface area contributed by atoms with Crippen LogP contribution in [-0.4, -0.2) is 42.7 Å². The highest BCUT2D eigenvalue weighted by Crippen LogP contribution is 2.30. The van der Waals surface area contributed by atoms with Crippen molar-refractivity contribution in [2.75, 3.05) is 13.2 Å². The van der Waals surface area contributed by atoms with Gasteiger partial charge in [-0.2, -0.15) is 22.9 Å². The van der Waals surface area contributed by atoms with E-state index in [1.165, 1.54) is 0 Å². The van der Waals surface area contributed by atoms with Crippen molar-refractivity contribution in [3.63, 3.8) is 0 Å². The summed E-state index contributed by atoms with van der Waals surface area (Å²) in [5, 5.41) is 3.83. The van der Waals surface area contributed by atoms with Crippen LogP contribution < -0.4 is 4.72 Å². The third-order valence-corrected chi connectivity index (χ3v) is 5.46. The molecule has 1 N–H and O–H groups in total. The van der Waals surface area contributed by atoms with E-state index in [0.717, 1.165) is 18.2 Å². The maximum Gasteiger partial charge on any atom is 0.416 e. The molecule has 0 aliphatic carbocycles. The molecular weight excluding hydrogens is 453 g/mol. The van der Waals surface area contributed by atoms with Gasteiger partial charge in [0.05, 0.1) is 17.1 Å². The first-order chi connectivity index (χ1) is 15.1. The number of benzene rings is 1. The van der Waals surface area contributed by atoms with Gasteiger partial charge in [0.15, 0.2) is 0 Å². The molecule has 0 atom stereocenters. The summed E-state index contributed by atoms with van der Waals surface area (Å²) in [6, 6.07) is 6.68. The number of halogens is 3. The Hall–Kier alpha value is -3.32. The van der Waals surface area contributed by atoms with Gasteiger partial charge in [-0.15, -0.1) is 0 Å². The maximum atomic E-state index is 12.7. The largest absolute Gasteiger partial charge is 0.465 e. The van der Waals surface area contributed by atoms with Crippen molar-refractivity contribution in [2.45, 2.75) is 23.9 Å². The number of esters is 1. The fourth-order valence-electron chi connectivity index (χ4n) is 2.51. The van der Waals surface area contributed by atoms with Crippen molar-refractivity contribution in [2.24, 2.45) is 0 Å². The summed E-state index contributed by atoms with van der Waals surface area (Å²) in [6.45, 7) is -0.779. The predicted molar refractivity (Wildman–Crippen MR) is 103 cm³/mol. The Bertz CT molecular complexity index is 1170. The highest BCUT2D eigenvalue weighted by Gasteiger charge is 2.31. The summed E-state index contributed by atoms with van der Waals surface area (Å²) in [5.74, 6) is -0.193. The quantitative estimate of drug-likeness (QED) is 0.374. The van der Waals surface area contributed by atoms with E-state index in [1.807, 2.05) is 4.72 Å². The minimum Gasteiger partial charge on any atom is -0.465 e. The van der Waals surface area contributed by atoms with E-state index in [9.17, 15) is 26.4 Å². The van der Waals surface area contributed by atoms with Gasteiger partial charge in [-0.25, -0.2) is 8.42 Å². The van der Waals surface area contributed by atoms with Gasteiger partial charge >= 0.3 is 12.1 Å². The number of sulfonamides is 1. The first-order valence-electron chi connectivity index (χ1n) is 9.21. The van der Waals surface area contributed by atoms with E-state index in [2.05, 4.69) is 15.1 Å². The minimum atomic E-state index is -4.69. The Morgan fingerprint density at radius 2 is 2.00 bits per heavy atom. The SMILES string of the molecule is O=C(CNS(=O)(=O)c1cccc(C(F)(F)F)c1)OCCCc1nc(-c2cccnc2)no1. The number of aryl methyl sites for hydroxylation is 1. The second kappa shape index (κ2) is 9.87. The van der Waals surface area contributed by atoms with Crippen LogP contribution in [0.25, 0.3) is 11.4 Å². The van der Waals surface area contributed by atoms with Crippen LogP contribution in [-0.2, 0) is 32.2 Å². The number of hydrogen-bond donors (Lipinski definition) is 1. The predicted octanol–water partition coefficient (Wildman–Crippen LogP) is 2.60. The van der Waals surface area contributed by atoms with E-state index in [4.69, 9.17) is 9.26 Å². The van der Waals surface area contributed by atoms with Crippen molar-refractivity contribution >= 4 is 16.0 Å². The van der Waals surface area contributed by atoms with Crippen LogP contribution >= 0.6 is 0 Å². The van der Waals surface area contributed by atoms with Crippen molar-refractivity contribution in [1.82, 2.24) is 19.8 Å². The minimum absolute atomic E-state index is 0.0469. The van der Waals surface area contributed by atoms with Crippen LogP contribution in [0.4, 0.5) is 13.2 Å². The van der Waals surface area contributed by atoms with Crippen LogP contribution in [0.1, 0.15) is 17.9 Å². The Labute approximate surface area is 180 Å². The summed E-state index contributed by atoms with van der Waals surface area (Å²) in [7, 11) is -4.32. The van der Waals surface area contributed by atoms with E-state index < -0.39 is 39.2 Å². The molecule has 0 amide bonds. The smallest absolute Gasteiger partial charge is 0.416 e. The van der Waals surface area contributed by atoms with Gasteiger partial charge < -0.3 is 9.26 Å². The first-order valence-corrected chi connectivity index (χ1v) is 10.7. The molecule has 32 heavy (non-hydrogen) atoms. The molecule has 0 unspecified atom stereocenters. The highest BCUT2D eigenvalue weighted by molar-refractivity contribution is 7.89. The number of ether oxygens (including phenoxy) is 1. The average Bonchev–Trinajstić information content (AvgIpc) is 3.24. The van der Waals surface area contributed by atoms with Crippen LogP contribution in [0.2, 0.25) is 0 Å². The van der Waals surface area contributed by atoms with Gasteiger partial charge in [0.1, 0.15) is 6.54 Å². The van der Waals surface area contributed by atoms with Gasteiger partial charge in [-0.1, -0.05) is 11.2 Å². The molecule has 0 radical (unpaired) electrons. The molecule has 2 heterocycles. The van der Waals surface area contributed by atoms with E-state index in [1.54, 1.807) is 24.5 Å². The van der Waals surface area contributed by atoms with Gasteiger partial charge in [0.25, 0.3) is 0 Å². The molecule has 0 saturated carbocycles. The van der Waals surface area contributed by atoms with E-state index in [0.29, 0.717) is 36.2 Å². The molecule has 0 bridgehead atoms. The first kappa shape index (κ1) is 23.3. The molecular formula is C19H17F3N4O5S. The molecule has 0 aliphatic rings. The van der Waals surface area contributed by atoms with Crippen molar-refractivity contribution in [3.05, 3.63) is 60.2 Å². The third-order valence-electron chi connectivity index (χ3n) is 4.06. The molecule has 0 aliphatic heterocycles. The lowest BCUT2D eigenvalue weighted by Crippen LogP contribution is -2.31. The number of hydrogen-bond acceptors (Lipinski definition) is 8. The second-order valence-corrected chi connectivity index (χ2v) is 8.19. The number of nitrogens with one attached hydrogen (secondary N) is 1. The van der Waals surface area contributed by atoms with Crippen LogP contribution in [0.3, 0.4) is 0 Å². The molecule has 9 nitrogen and oxygen atoms in total. The molecule has 0 fully saturated rings. The Kier molecular flexibility index (Phi) is 7.20. The second-order valence-electron chi connectivity index (χ2n) is 6.43. The van der Waals surface area contributed by atoms with Crippen molar-refractivity contribution in [3.8, 4) is 11.4 Å². The maximum absolute atomic E-state index is 12.7. The molecule has 0 spiro atoms. The van der Waals surface area contributed by atoms with Crippen molar-refractivity contribution in [1.29, 1.82) is 0 Å². The summed E-state index contributed by atoms with van der Waals surface area (Å²) < 4.78 is 74.4. The summed E-state index contributed by atoms with van der Waals surface area (Å²) in [6.07, 6.45) is -0.853. The van der Waals surface area contributed by atoms with Gasteiger partial charge in [-0.05, 0) is 36.8 Å². The number of alkyl halides is 3. The molecule has 0 saturated heterocycles. The molecule has 170 valence electrons. The number of pyridine rings is 1. The lowest BCUT2D eigenvalue weighted by Gasteiger charge is -2.10. The van der Waals surface area contributed by atoms with Crippen LogP contribution in [0, 0.1) is 0 Å². The fourth-order valence-corrected chi connectivity index (χ4v) is 3.52. The monoisotopic (exact) mass is 470 g/mol. The summed E-state index contributed by atoms with van der Waals surface area (Å²) in [4.78, 5) is 19.3. The zero-order valence-electron chi connectivity index (χ0n) is 16.4. The van der Waals surface area contributed by atoms with Gasteiger partial charge in [-0.3, -0.25) is 9.78 Å². The highest BCUT2D eigenvalue weighted by atomic mass is 32.2. The van der Waals surface area contributed by atoms with Crippen LogP contribution in [0.15, 0.2) is 58.2 Å². The number of nitrogens with zero attached hydrogens (tertiary/aromatic N) is 3.